The molecular weight excluding hydrogens is 292 g/mol. The van der Waals surface area contributed by atoms with Gasteiger partial charge in [0, 0.05) is 11.1 Å². The summed E-state index contributed by atoms with van der Waals surface area (Å²) >= 11 is 12.0. The predicted molar refractivity (Wildman–Crippen MR) is 71.0 cm³/mol. The van der Waals surface area contributed by atoms with Crippen molar-refractivity contribution in [2.24, 2.45) is 0 Å². The van der Waals surface area contributed by atoms with Crippen LogP contribution in [0, 0.1) is 5.82 Å². The summed E-state index contributed by atoms with van der Waals surface area (Å²) in [6.07, 6.45) is 0.939. The summed E-state index contributed by atoms with van der Waals surface area (Å²) < 4.78 is 18.0. The van der Waals surface area contributed by atoms with Gasteiger partial charge in [-0.15, -0.1) is 0 Å². The molecule has 3 nitrogen and oxygen atoms in total. The second-order valence-corrected chi connectivity index (χ2v) is 4.43. The molecule has 98 valence electrons. The number of hydrogen-bond acceptors (Lipinski definition) is 3. The molecule has 0 saturated heterocycles. The Morgan fingerprint density at radius 3 is 2.74 bits per heavy atom. The Kier molecular flexibility index (Phi) is 4.02. The van der Waals surface area contributed by atoms with E-state index in [1.165, 1.54) is 7.11 Å². The fourth-order valence-electron chi connectivity index (χ4n) is 1.62. The monoisotopic (exact) mass is 299 g/mol. The molecule has 0 aliphatic rings. The molecule has 0 bridgehead atoms. The van der Waals surface area contributed by atoms with Gasteiger partial charge in [0.1, 0.15) is 5.82 Å². The molecule has 1 aromatic heterocycles. The van der Waals surface area contributed by atoms with Crippen molar-refractivity contribution in [2.75, 3.05) is 7.11 Å². The Morgan fingerprint density at radius 2 is 2.05 bits per heavy atom. The van der Waals surface area contributed by atoms with Crippen molar-refractivity contribution >= 4 is 29.2 Å². The average Bonchev–Trinajstić information content (AvgIpc) is 2.41. The lowest BCUT2D eigenvalue weighted by Gasteiger charge is -2.09. The first kappa shape index (κ1) is 13.8. The molecule has 0 fully saturated rings. The summed E-state index contributed by atoms with van der Waals surface area (Å²) in [5, 5.41) is 0.529. The number of pyridine rings is 1. The summed E-state index contributed by atoms with van der Waals surface area (Å²) in [5.41, 5.74) is 0.633. The SMILES string of the molecule is COC(=O)c1ncc(F)cc1-c1cccc(Cl)c1Cl. The normalized spacial score (nSPS) is 10.3. The third-order valence-electron chi connectivity index (χ3n) is 2.47. The lowest BCUT2D eigenvalue weighted by Crippen LogP contribution is -2.07. The molecule has 6 heteroatoms. The van der Waals surface area contributed by atoms with E-state index in [0.29, 0.717) is 10.6 Å². The quantitative estimate of drug-likeness (QED) is 0.787. The molecule has 19 heavy (non-hydrogen) atoms. The van der Waals surface area contributed by atoms with E-state index in [-0.39, 0.29) is 16.3 Å². The molecule has 0 spiro atoms. The van der Waals surface area contributed by atoms with Crippen LogP contribution in [0.4, 0.5) is 4.39 Å². The molecule has 1 aromatic carbocycles. The minimum Gasteiger partial charge on any atom is -0.464 e. The van der Waals surface area contributed by atoms with E-state index in [9.17, 15) is 9.18 Å². The third-order valence-corrected chi connectivity index (χ3v) is 3.29. The highest BCUT2D eigenvalue weighted by Crippen LogP contribution is 2.35. The first-order valence-electron chi connectivity index (χ1n) is 5.23. The van der Waals surface area contributed by atoms with Crippen molar-refractivity contribution in [3.63, 3.8) is 0 Å². The maximum Gasteiger partial charge on any atom is 0.357 e. The lowest BCUT2D eigenvalue weighted by molar-refractivity contribution is 0.0595. The van der Waals surface area contributed by atoms with E-state index in [2.05, 4.69) is 9.72 Å². The van der Waals surface area contributed by atoms with Crippen molar-refractivity contribution in [3.05, 3.63) is 52.0 Å². The van der Waals surface area contributed by atoms with E-state index >= 15 is 0 Å². The lowest BCUT2D eigenvalue weighted by atomic mass is 10.0. The number of carbonyl (C=O) groups is 1. The minimum absolute atomic E-state index is 0.0203. The number of methoxy groups -OCH3 is 1. The maximum absolute atomic E-state index is 13.3. The van der Waals surface area contributed by atoms with Gasteiger partial charge in [-0.2, -0.15) is 0 Å². The van der Waals surface area contributed by atoms with Gasteiger partial charge in [-0.1, -0.05) is 35.3 Å². The van der Waals surface area contributed by atoms with Crippen LogP contribution in [-0.4, -0.2) is 18.1 Å². The molecule has 1 heterocycles. The van der Waals surface area contributed by atoms with Crippen LogP contribution in [0.15, 0.2) is 30.5 Å². The van der Waals surface area contributed by atoms with E-state index in [1.807, 2.05) is 0 Å². The van der Waals surface area contributed by atoms with Crippen LogP contribution in [0.1, 0.15) is 10.5 Å². The van der Waals surface area contributed by atoms with Gasteiger partial charge in [0.2, 0.25) is 0 Å². The summed E-state index contributed by atoms with van der Waals surface area (Å²) in [5.74, 6) is -1.26. The minimum atomic E-state index is -0.675. The number of benzene rings is 1. The molecule has 0 saturated carbocycles. The van der Waals surface area contributed by atoms with Crippen LogP contribution >= 0.6 is 23.2 Å². The predicted octanol–water partition coefficient (Wildman–Crippen LogP) is 3.98. The molecule has 0 amide bonds. The Bertz CT molecular complexity index is 647. The third kappa shape index (κ3) is 2.69. The van der Waals surface area contributed by atoms with Gasteiger partial charge in [0.25, 0.3) is 0 Å². The van der Waals surface area contributed by atoms with Gasteiger partial charge >= 0.3 is 5.97 Å². The molecule has 2 aromatic rings. The van der Waals surface area contributed by atoms with Gasteiger partial charge < -0.3 is 4.74 Å². The zero-order chi connectivity index (χ0) is 14.0. The Balaban J connectivity index is 2.70. The molecule has 0 aliphatic carbocycles. The van der Waals surface area contributed by atoms with Crippen molar-refractivity contribution in [1.82, 2.24) is 4.98 Å². The highest BCUT2D eigenvalue weighted by Gasteiger charge is 2.18. The Morgan fingerprint density at radius 1 is 1.32 bits per heavy atom. The van der Waals surface area contributed by atoms with Crippen molar-refractivity contribution in [3.8, 4) is 11.1 Å². The highest BCUT2D eigenvalue weighted by atomic mass is 35.5. The first-order valence-corrected chi connectivity index (χ1v) is 5.98. The second kappa shape index (κ2) is 5.55. The number of halogens is 3. The molecule has 0 atom stereocenters. The van der Waals surface area contributed by atoms with E-state index in [4.69, 9.17) is 23.2 Å². The number of nitrogens with zero attached hydrogens (tertiary/aromatic N) is 1. The summed E-state index contributed by atoms with van der Waals surface area (Å²) in [6, 6.07) is 6.03. The van der Waals surface area contributed by atoms with Crippen LogP contribution in [0.3, 0.4) is 0 Å². The van der Waals surface area contributed by atoms with Crippen LogP contribution in [0.25, 0.3) is 11.1 Å². The maximum atomic E-state index is 13.3. The van der Waals surface area contributed by atoms with Crippen LogP contribution < -0.4 is 0 Å². The van der Waals surface area contributed by atoms with Gasteiger partial charge in [-0.05, 0) is 12.1 Å². The largest absolute Gasteiger partial charge is 0.464 e. The van der Waals surface area contributed by atoms with E-state index < -0.39 is 11.8 Å². The number of aromatic nitrogens is 1. The number of hydrogen-bond donors (Lipinski definition) is 0. The van der Waals surface area contributed by atoms with E-state index in [0.717, 1.165) is 12.3 Å². The van der Waals surface area contributed by atoms with Crippen LogP contribution in [0.5, 0.6) is 0 Å². The summed E-state index contributed by atoms with van der Waals surface area (Å²) in [7, 11) is 1.22. The van der Waals surface area contributed by atoms with Crippen molar-refractivity contribution in [2.45, 2.75) is 0 Å². The van der Waals surface area contributed by atoms with Gasteiger partial charge in [0.05, 0.1) is 23.4 Å². The number of carbonyl (C=O) groups excluding carboxylic acids is 1. The zero-order valence-corrected chi connectivity index (χ0v) is 11.3. The van der Waals surface area contributed by atoms with Gasteiger partial charge in [-0.3, -0.25) is 0 Å². The second-order valence-electron chi connectivity index (χ2n) is 3.64. The van der Waals surface area contributed by atoms with Crippen molar-refractivity contribution < 1.29 is 13.9 Å². The molecule has 0 aliphatic heterocycles. The van der Waals surface area contributed by atoms with Crippen molar-refractivity contribution in [1.29, 1.82) is 0 Å². The molecule has 2 rings (SSSR count). The standard InChI is InChI=1S/C13H8Cl2FNO2/c1-19-13(18)12-9(5-7(16)6-17-12)8-3-2-4-10(14)11(8)15/h2-6H,1H3. The Hall–Kier alpha value is -1.65. The zero-order valence-electron chi connectivity index (χ0n) is 9.78. The highest BCUT2D eigenvalue weighted by molar-refractivity contribution is 6.43. The van der Waals surface area contributed by atoms with Crippen LogP contribution in [0.2, 0.25) is 10.0 Å². The fourth-order valence-corrected chi connectivity index (χ4v) is 2.02. The average molecular weight is 300 g/mol. The van der Waals surface area contributed by atoms with Crippen LogP contribution in [-0.2, 0) is 4.74 Å². The number of esters is 1. The Labute approximate surface area is 118 Å². The molecule has 0 unspecified atom stereocenters. The number of ether oxygens (including phenoxy) is 1. The smallest absolute Gasteiger partial charge is 0.357 e. The molecule has 0 radical (unpaired) electrons. The fraction of sp³-hybridized carbons (Fsp3) is 0.0769. The van der Waals surface area contributed by atoms with Gasteiger partial charge in [-0.25, -0.2) is 14.2 Å². The topological polar surface area (TPSA) is 39.2 Å². The summed E-state index contributed by atoms with van der Waals surface area (Å²) in [6.45, 7) is 0. The van der Waals surface area contributed by atoms with Gasteiger partial charge in [0.15, 0.2) is 5.69 Å². The number of rotatable bonds is 2. The first-order chi connectivity index (χ1) is 9.04. The summed E-state index contributed by atoms with van der Waals surface area (Å²) in [4.78, 5) is 15.4. The van der Waals surface area contributed by atoms with E-state index in [1.54, 1.807) is 18.2 Å². The molecular formula is C13H8Cl2FNO2. The molecule has 0 N–H and O–H groups in total.